The number of benzene rings is 1. The van der Waals surface area contributed by atoms with E-state index in [1.807, 2.05) is 0 Å². The van der Waals surface area contributed by atoms with Crippen LogP contribution in [0, 0.1) is 12.8 Å². The van der Waals surface area contributed by atoms with Crippen molar-refractivity contribution in [1.82, 2.24) is 0 Å². The molecule has 76 valence electrons. The van der Waals surface area contributed by atoms with Crippen molar-refractivity contribution in [1.29, 1.82) is 0 Å². The average Bonchev–Trinajstić information content (AvgIpc) is 2.15. The van der Waals surface area contributed by atoms with Gasteiger partial charge < -0.3 is 0 Å². The Morgan fingerprint density at radius 3 is 2.43 bits per heavy atom. The summed E-state index contributed by atoms with van der Waals surface area (Å²) in [7, 11) is 0. The van der Waals surface area contributed by atoms with Gasteiger partial charge in [0.05, 0.1) is 0 Å². The maximum atomic E-state index is 2.27. The van der Waals surface area contributed by atoms with Gasteiger partial charge in [0, 0.05) is 0 Å². The molecule has 0 aromatic heterocycles. The molecule has 1 aromatic carbocycles. The second-order valence-corrected chi connectivity index (χ2v) is 4.23. The average molecular weight is 188 g/mol. The first-order valence-corrected chi connectivity index (χ1v) is 5.36. The normalized spacial score (nSPS) is 12.2. The highest BCUT2D eigenvalue weighted by Crippen LogP contribution is 2.24. The van der Waals surface area contributed by atoms with Crippen LogP contribution >= 0.6 is 0 Å². The smallest absolute Gasteiger partial charge is 0.0198 e. The lowest BCUT2D eigenvalue weighted by Gasteiger charge is -2.12. The van der Waals surface area contributed by atoms with Crippen LogP contribution in [0.25, 0.3) is 5.57 Å². The summed E-state index contributed by atoms with van der Waals surface area (Å²) in [4.78, 5) is 0. The molecule has 0 bridgehead atoms. The maximum absolute atomic E-state index is 2.27. The summed E-state index contributed by atoms with van der Waals surface area (Å²) >= 11 is 0. The number of hydrogen-bond acceptors (Lipinski definition) is 0. The van der Waals surface area contributed by atoms with Crippen LogP contribution in [-0.2, 0) is 0 Å². The van der Waals surface area contributed by atoms with Crippen molar-refractivity contribution >= 4 is 5.57 Å². The molecule has 0 N–H and O–H groups in total. The van der Waals surface area contributed by atoms with E-state index in [4.69, 9.17) is 0 Å². The van der Waals surface area contributed by atoms with Crippen LogP contribution in [0.3, 0.4) is 0 Å². The van der Waals surface area contributed by atoms with E-state index in [-0.39, 0.29) is 0 Å². The highest BCUT2D eigenvalue weighted by atomic mass is 14.1. The van der Waals surface area contributed by atoms with Crippen molar-refractivity contribution in [2.75, 3.05) is 0 Å². The van der Waals surface area contributed by atoms with Crippen LogP contribution < -0.4 is 0 Å². The van der Waals surface area contributed by atoms with Crippen molar-refractivity contribution in [2.45, 2.75) is 34.1 Å². The van der Waals surface area contributed by atoms with Gasteiger partial charge in [0.1, 0.15) is 0 Å². The standard InChI is InChI=1S/C14H20/c1-5-13(10-11(2)3)14-9-7-6-8-12(14)4/h5-9,11H,10H2,1-4H3/b13-5-. The van der Waals surface area contributed by atoms with Crippen molar-refractivity contribution in [2.24, 2.45) is 5.92 Å². The summed E-state index contributed by atoms with van der Waals surface area (Å²) in [6.07, 6.45) is 3.41. The van der Waals surface area contributed by atoms with E-state index < -0.39 is 0 Å². The van der Waals surface area contributed by atoms with E-state index in [0.717, 1.165) is 5.92 Å². The lowest BCUT2D eigenvalue weighted by Crippen LogP contribution is -1.93. The van der Waals surface area contributed by atoms with Gasteiger partial charge in [0.2, 0.25) is 0 Å². The Morgan fingerprint density at radius 2 is 1.93 bits per heavy atom. The Kier molecular flexibility index (Phi) is 3.94. The zero-order chi connectivity index (χ0) is 10.6. The molecule has 0 nitrogen and oxygen atoms in total. The fourth-order valence-electron chi connectivity index (χ4n) is 1.76. The van der Waals surface area contributed by atoms with Gasteiger partial charge in [-0.25, -0.2) is 0 Å². The monoisotopic (exact) mass is 188 g/mol. The van der Waals surface area contributed by atoms with Crippen molar-refractivity contribution in [3.63, 3.8) is 0 Å². The molecule has 0 spiro atoms. The lowest BCUT2D eigenvalue weighted by atomic mass is 9.93. The van der Waals surface area contributed by atoms with Gasteiger partial charge in [0.25, 0.3) is 0 Å². The number of rotatable bonds is 3. The summed E-state index contributed by atoms with van der Waals surface area (Å²) in [5.74, 6) is 0.723. The molecule has 0 saturated carbocycles. The van der Waals surface area contributed by atoms with E-state index in [1.54, 1.807) is 0 Å². The zero-order valence-electron chi connectivity index (χ0n) is 9.67. The van der Waals surface area contributed by atoms with Crippen LogP contribution in [0.15, 0.2) is 30.3 Å². The fourth-order valence-corrected chi connectivity index (χ4v) is 1.76. The second kappa shape index (κ2) is 4.99. The van der Waals surface area contributed by atoms with Crippen LogP contribution in [-0.4, -0.2) is 0 Å². The Balaban J connectivity index is 2.96. The van der Waals surface area contributed by atoms with Gasteiger partial charge in [-0.3, -0.25) is 0 Å². The molecule has 1 aromatic rings. The molecule has 14 heavy (non-hydrogen) atoms. The van der Waals surface area contributed by atoms with E-state index in [1.165, 1.54) is 23.1 Å². The van der Waals surface area contributed by atoms with E-state index in [9.17, 15) is 0 Å². The minimum absolute atomic E-state index is 0.723. The lowest BCUT2D eigenvalue weighted by molar-refractivity contribution is 0.673. The molecule has 1 rings (SSSR count). The van der Waals surface area contributed by atoms with Crippen molar-refractivity contribution in [3.8, 4) is 0 Å². The molecule has 0 amide bonds. The predicted octanol–water partition coefficient (Wildman–Crippen LogP) is 4.44. The second-order valence-electron chi connectivity index (χ2n) is 4.23. The summed E-state index contributed by atoms with van der Waals surface area (Å²) in [5.41, 5.74) is 4.25. The van der Waals surface area contributed by atoms with Crippen LogP contribution in [0.5, 0.6) is 0 Å². The first-order chi connectivity index (χ1) is 6.65. The van der Waals surface area contributed by atoms with Gasteiger partial charge in [-0.05, 0) is 42.9 Å². The molecule has 0 aliphatic carbocycles. The zero-order valence-corrected chi connectivity index (χ0v) is 9.67. The maximum Gasteiger partial charge on any atom is -0.0198 e. The van der Waals surface area contributed by atoms with Gasteiger partial charge in [-0.15, -0.1) is 0 Å². The summed E-state index contributed by atoms with van der Waals surface area (Å²) in [6.45, 7) is 8.84. The molecule has 0 atom stereocenters. The van der Waals surface area contributed by atoms with Crippen molar-refractivity contribution in [3.05, 3.63) is 41.5 Å². The number of hydrogen-bond donors (Lipinski definition) is 0. The minimum Gasteiger partial charge on any atom is -0.0838 e. The number of allylic oxidation sites excluding steroid dienone is 2. The Bertz CT molecular complexity index is 319. The molecule has 0 heteroatoms. The molecule has 0 aliphatic rings. The topological polar surface area (TPSA) is 0 Å². The third kappa shape index (κ3) is 2.73. The third-order valence-corrected chi connectivity index (χ3v) is 2.47. The molecule has 0 aliphatic heterocycles. The number of aryl methyl sites for hydroxylation is 1. The molecule has 0 unspecified atom stereocenters. The van der Waals surface area contributed by atoms with E-state index >= 15 is 0 Å². The Morgan fingerprint density at radius 1 is 1.29 bits per heavy atom. The summed E-state index contributed by atoms with van der Waals surface area (Å²) in [6, 6.07) is 8.61. The highest BCUT2D eigenvalue weighted by Gasteiger charge is 2.05. The molecule has 0 saturated heterocycles. The van der Waals surface area contributed by atoms with Crippen LogP contribution in [0.1, 0.15) is 38.3 Å². The SMILES string of the molecule is C/C=C(/CC(C)C)c1ccccc1C. The largest absolute Gasteiger partial charge is 0.0838 e. The van der Waals surface area contributed by atoms with E-state index in [2.05, 4.69) is 58.0 Å². The van der Waals surface area contributed by atoms with Gasteiger partial charge >= 0.3 is 0 Å². The Labute approximate surface area is 87.7 Å². The van der Waals surface area contributed by atoms with Gasteiger partial charge in [-0.1, -0.05) is 44.2 Å². The highest BCUT2D eigenvalue weighted by molar-refractivity contribution is 5.67. The predicted molar refractivity (Wildman–Crippen MR) is 64.3 cm³/mol. The molecule has 0 radical (unpaired) electrons. The fraction of sp³-hybridized carbons (Fsp3) is 0.429. The van der Waals surface area contributed by atoms with E-state index in [0.29, 0.717) is 0 Å². The molecule has 0 heterocycles. The van der Waals surface area contributed by atoms with Crippen molar-refractivity contribution < 1.29 is 0 Å². The summed E-state index contributed by atoms with van der Waals surface area (Å²) < 4.78 is 0. The quantitative estimate of drug-likeness (QED) is 0.657. The van der Waals surface area contributed by atoms with Crippen LogP contribution in [0.2, 0.25) is 0 Å². The van der Waals surface area contributed by atoms with Crippen LogP contribution in [0.4, 0.5) is 0 Å². The first kappa shape index (κ1) is 11.0. The van der Waals surface area contributed by atoms with Gasteiger partial charge in [0.15, 0.2) is 0 Å². The molecule has 0 fully saturated rings. The van der Waals surface area contributed by atoms with Gasteiger partial charge in [-0.2, -0.15) is 0 Å². The third-order valence-electron chi connectivity index (χ3n) is 2.47. The first-order valence-electron chi connectivity index (χ1n) is 5.36. The Hall–Kier alpha value is -1.04. The minimum atomic E-state index is 0.723. The molecular formula is C14H20. The summed E-state index contributed by atoms with van der Waals surface area (Å²) in [5, 5.41) is 0. The molecular weight excluding hydrogens is 168 g/mol.